The number of thiophene rings is 1. The molecule has 2 aromatic heterocycles. The Balaban J connectivity index is 1.28. The summed E-state index contributed by atoms with van der Waals surface area (Å²) in [7, 11) is 0. The van der Waals surface area contributed by atoms with Crippen LogP contribution >= 0.6 is 11.3 Å². The molecule has 44 heavy (non-hydrogen) atoms. The van der Waals surface area contributed by atoms with Crippen LogP contribution in [0.25, 0.3) is 53.2 Å². The molecule has 0 spiro atoms. The Hall–Kier alpha value is -5.52. The number of nitrogens with zero attached hydrogens (tertiary/aromatic N) is 2. The summed E-state index contributed by atoms with van der Waals surface area (Å²) < 4.78 is 9.08. The van der Waals surface area contributed by atoms with Gasteiger partial charge in [-0.2, -0.15) is 0 Å². The fraction of sp³-hybridized carbons (Fsp3) is 0.0256. The predicted molar refractivity (Wildman–Crippen MR) is 184 cm³/mol. The van der Waals surface area contributed by atoms with Gasteiger partial charge >= 0.3 is 0 Å². The maximum absolute atomic E-state index is 6.50. The number of benzene rings is 6. The molecule has 208 valence electrons. The van der Waals surface area contributed by atoms with Gasteiger partial charge in [0.1, 0.15) is 23.2 Å². The van der Waals surface area contributed by atoms with Gasteiger partial charge in [-0.25, -0.2) is 9.98 Å². The highest BCUT2D eigenvalue weighted by molar-refractivity contribution is 7.25. The highest BCUT2D eigenvalue weighted by atomic mass is 32.1. The third-order valence-corrected chi connectivity index (χ3v) is 9.48. The standard InChI is InChI=1S/C39H25N3OS/c1-3-11-24(12-4-1)37-40-38(25-13-5-2-6-14-25)42-39(41-37)27-22-30(36-29-16-7-9-17-32(29)43-33(36)23-27)26-19-20-35-31(21-26)28-15-8-10-18-34(28)44-35/h1-23,37H,(H,40,41,42). The molecule has 1 aliphatic rings. The van der Waals surface area contributed by atoms with Gasteiger partial charge in [-0.15, -0.1) is 11.3 Å². The molecular formula is C39H25N3OS. The van der Waals surface area contributed by atoms with E-state index in [2.05, 4.69) is 96.3 Å². The van der Waals surface area contributed by atoms with Gasteiger partial charge in [0.05, 0.1) is 0 Å². The number of amidine groups is 2. The molecular weight excluding hydrogens is 559 g/mol. The second-order valence-electron chi connectivity index (χ2n) is 11.0. The zero-order chi connectivity index (χ0) is 29.0. The Bertz CT molecular complexity index is 2420. The van der Waals surface area contributed by atoms with Crippen molar-refractivity contribution in [3.05, 3.63) is 156 Å². The molecule has 1 aliphatic heterocycles. The first-order chi connectivity index (χ1) is 21.8. The number of fused-ring (bicyclic) bond motifs is 6. The second-order valence-corrected chi connectivity index (χ2v) is 12.1. The van der Waals surface area contributed by atoms with E-state index in [0.29, 0.717) is 5.84 Å². The summed E-state index contributed by atoms with van der Waals surface area (Å²) in [5.74, 6) is 1.46. The van der Waals surface area contributed by atoms with E-state index in [1.54, 1.807) is 0 Å². The second kappa shape index (κ2) is 10.0. The Morgan fingerprint density at radius 1 is 0.568 bits per heavy atom. The lowest BCUT2D eigenvalue weighted by Gasteiger charge is -2.24. The molecule has 1 atom stereocenters. The zero-order valence-electron chi connectivity index (χ0n) is 23.6. The monoisotopic (exact) mass is 583 g/mol. The van der Waals surface area contributed by atoms with Crippen molar-refractivity contribution in [1.29, 1.82) is 0 Å². The van der Waals surface area contributed by atoms with Gasteiger partial charge in [-0.3, -0.25) is 0 Å². The third kappa shape index (κ3) is 4.13. The minimum Gasteiger partial charge on any atom is -0.456 e. The van der Waals surface area contributed by atoms with Crippen LogP contribution in [0.5, 0.6) is 0 Å². The van der Waals surface area contributed by atoms with E-state index < -0.39 is 0 Å². The summed E-state index contributed by atoms with van der Waals surface area (Å²) in [6.45, 7) is 0. The maximum Gasteiger partial charge on any atom is 0.159 e. The molecule has 6 aromatic carbocycles. The molecule has 0 saturated carbocycles. The molecule has 0 saturated heterocycles. The van der Waals surface area contributed by atoms with Crippen molar-refractivity contribution < 1.29 is 4.42 Å². The smallest absolute Gasteiger partial charge is 0.159 e. The quantitative estimate of drug-likeness (QED) is 0.224. The number of nitrogens with one attached hydrogen (secondary N) is 1. The van der Waals surface area contributed by atoms with Gasteiger partial charge in [0.2, 0.25) is 0 Å². The number of aliphatic imine (C=N–C) groups is 2. The van der Waals surface area contributed by atoms with Gasteiger partial charge in [0.25, 0.3) is 0 Å². The van der Waals surface area contributed by atoms with Crippen LogP contribution in [0.15, 0.2) is 154 Å². The molecule has 9 rings (SSSR count). The molecule has 8 aromatic rings. The van der Waals surface area contributed by atoms with Gasteiger partial charge in [0, 0.05) is 42.1 Å². The Morgan fingerprint density at radius 3 is 2.16 bits per heavy atom. The summed E-state index contributed by atoms with van der Waals surface area (Å²) in [4.78, 5) is 10.1. The molecule has 5 heteroatoms. The lowest BCUT2D eigenvalue weighted by molar-refractivity contribution is 0.666. The fourth-order valence-electron chi connectivity index (χ4n) is 6.23. The van der Waals surface area contributed by atoms with E-state index in [1.165, 1.54) is 20.2 Å². The summed E-state index contributed by atoms with van der Waals surface area (Å²) in [6.07, 6.45) is -0.276. The molecule has 0 bridgehead atoms. The van der Waals surface area contributed by atoms with Crippen LogP contribution in [0.2, 0.25) is 0 Å². The van der Waals surface area contributed by atoms with Gasteiger partial charge in [-0.1, -0.05) is 103 Å². The molecule has 4 nitrogen and oxygen atoms in total. The SMILES string of the molecule is c1ccc(C2=NC(c3ccccc3)NC(c3cc(-c4ccc5sc6ccccc6c5c4)c4c(c3)oc3ccccc34)=N2)cc1. The predicted octanol–water partition coefficient (Wildman–Crippen LogP) is 10.1. The van der Waals surface area contributed by atoms with Crippen LogP contribution in [-0.4, -0.2) is 11.7 Å². The average Bonchev–Trinajstić information content (AvgIpc) is 3.66. The third-order valence-electron chi connectivity index (χ3n) is 8.33. The highest BCUT2D eigenvalue weighted by Crippen LogP contribution is 2.41. The Kier molecular flexibility index (Phi) is 5.71. The van der Waals surface area contributed by atoms with E-state index >= 15 is 0 Å². The van der Waals surface area contributed by atoms with Crippen molar-refractivity contribution in [3.8, 4) is 11.1 Å². The van der Waals surface area contributed by atoms with Crippen LogP contribution in [0.4, 0.5) is 0 Å². The van der Waals surface area contributed by atoms with E-state index in [4.69, 9.17) is 14.4 Å². The number of hydrogen-bond donors (Lipinski definition) is 1. The molecule has 0 fully saturated rings. The van der Waals surface area contributed by atoms with E-state index in [1.807, 2.05) is 59.9 Å². The van der Waals surface area contributed by atoms with Crippen LogP contribution < -0.4 is 5.32 Å². The molecule has 0 radical (unpaired) electrons. The molecule has 1 N–H and O–H groups in total. The minimum atomic E-state index is -0.276. The molecule has 0 aliphatic carbocycles. The fourth-order valence-corrected chi connectivity index (χ4v) is 7.32. The Morgan fingerprint density at radius 2 is 1.30 bits per heavy atom. The van der Waals surface area contributed by atoms with Crippen LogP contribution in [0, 0.1) is 0 Å². The van der Waals surface area contributed by atoms with Crippen molar-refractivity contribution >= 4 is 65.1 Å². The van der Waals surface area contributed by atoms with Crippen LogP contribution in [0.1, 0.15) is 22.9 Å². The summed E-state index contributed by atoms with van der Waals surface area (Å²) in [5.41, 5.74) is 6.97. The lowest BCUT2D eigenvalue weighted by atomic mass is 9.95. The van der Waals surface area contributed by atoms with Crippen molar-refractivity contribution in [2.75, 3.05) is 0 Å². The van der Waals surface area contributed by atoms with Crippen molar-refractivity contribution in [2.45, 2.75) is 6.17 Å². The molecule has 1 unspecified atom stereocenters. The number of hydrogen-bond acceptors (Lipinski definition) is 5. The first kappa shape index (κ1) is 25.0. The van der Waals surface area contributed by atoms with Crippen molar-refractivity contribution in [1.82, 2.24) is 5.32 Å². The molecule has 0 amide bonds. The van der Waals surface area contributed by atoms with Gasteiger partial charge in [-0.05, 0) is 53.1 Å². The van der Waals surface area contributed by atoms with Gasteiger partial charge in [0.15, 0.2) is 5.84 Å². The number of furan rings is 1. The van der Waals surface area contributed by atoms with E-state index in [-0.39, 0.29) is 6.17 Å². The van der Waals surface area contributed by atoms with Crippen LogP contribution in [-0.2, 0) is 0 Å². The van der Waals surface area contributed by atoms with Gasteiger partial charge < -0.3 is 9.73 Å². The average molecular weight is 584 g/mol. The Labute approximate surface area is 257 Å². The summed E-state index contributed by atoms with van der Waals surface area (Å²) >= 11 is 1.83. The normalized spacial score (nSPS) is 15.0. The van der Waals surface area contributed by atoms with E-state index in [0.717, 1.165) is 55.6 Å². The number of para-hydroxylation sites is 1. The molecule has 3 heterocycles. The largest absolute Gasteiger partial charge is 0.456 e. The van der Waals surface area contributed by atoms with Crippen molar-refractivity contribution in [3.63, 3.8) is 0 Å². The topological polar surface area (TPSA) is 49.9 Å². The first-order valence-corrected chi connectivity index (χ1v) is 15.5. The maximum atomic E-state index is 6.50. The highest BCUT2D eigenvalue weighted by Gasteiger charge is 2.23. The lowest BCUT2D eigenvalue weighted by Crippen LogP contribution is -2.33. The van der Waals surface area contributed by atoms with E-state index in [9.17, 15) is 0 Å². The number of rotatable bonds is 4. The van der Waals surface area contributed by atoms with Crippen molar-refractivity contribution in [2.24, 2.45) is 9.98 Å². The minimum absolute atomic E-state index is 0.276. The zero-order valence-corrected chi connectivity index (χ0v) is 24.4. The first-order valence-electron chi connectivity index (χ1n) is 14.7. The summed E-state index contributed by atoms with van der Waals surface area (Å²) in [6, 6.07) is 48.6. The van der Waals surface area contributed by atoms with Crippen LogP contribution in [0.3, 0.4) is 0 Å². The summed E-state index contributed by atoms with van der Waals surface area (Å²) in [5, 5.41) is 8.40.